The van der Waals surface area contributed by atoms with Crippen molar-refractivity contribution in [3.8, 4) is 5.75 Å². The summed E-state index contributed by atoms with van der Waals surface area (Å²) < 4.78 is 16.0. The number of methoxy groups -OCH3 is 1. The van der Waals surface area contributed by atoms with Gasteiger partial charge in [-0.2, -0.15) is 15.2 Å². The number of rotatable bonds is 19. The number of anilines is 2. The fraction of sp³-hybridized carbons (Fsp3) is 0.486. The third-order valence-corrected chi connectivity index (χ3v) is 7.56. The lowest BCUT2D eigenvalue weighted by molar-refractivity contribution is 0.146. The van der Waals surface area contributed by atoms with E-state index in [1.165, 1.54) is 6.07 Å². The number of carbonyl (C=O) groups excluding carboxylic acids is 2. The maximum absolute atomic E-state index is 12.4. The predicted octanol–water partition coefficient (Wildman–Crippen LogP) is 6.34. The number of H-pyrrole nitrogens is 1. The van der Waals surface area contributed by atoms with Crippen molar-refractivity contribution in [1.82, 2.24) is 20.6 Å². The molecule has 1 atom stereocenters. The van der Waals surface area contributed by atoms with Crippen LogP contribution >= 0.6 is 0 Å². The Morgan fingerprint density at radius 3 is 2.31 bits per heavy atom. The molecule has 0 radical (unpaired) electrons. The van der Waals surface area contributed by atoms with Gasteiger partial charge in [0.05, 0.1) is 24.5 Å². The molecule has 0 saturated carbocycles. The van der Waals surface area contributed by atoms with Gasteiger partial charge in [0.2, 0.25) is 5.95 Å². The molecule has 4 N–H and O–H groups in total. The Morgan fingerprint density at radius 2 is 1.67 bits per heavy atom. The van der Waals surface area contributed by atoms with E-state index in [0.717, 1.165) is 42.2 Å². The number of ether oxygens (including phenoxy) is 3. The summed E-state index contributed by atoms with van der Waals surface area (Å²) in [5.41, 5.74) is 2.55. The number of urea groups is 1. The molecular formula is C35H50N8O6. The number of hydrogen-bond acceptors (Lipinski definition) is 10. The first-order valence-corrected chi connectivity index (χ1v) is 16.5. The zero-order valence-corrected chi connectivity index (χ0v) is 29.4. The number of amides is 3. The van der Waals surface area contributed by atoms with Crippen molar-refractivity contribution in [2.24, 2.45) is 21.6 Å². The van der Waals surface area contributed by atoms with E-state index >= 15 is 0 Å². The molecule has 0 aliphatic rings. The van der Waals surface area contributed by atoms with Gasteiger partial charge in [0.1, 0.15) is 19.0 Å². The van der Waals surface area contributed by atoms with Gasteiger partial charge >= 0.3 is 12.1 Å². The van der Waals surface area contributed by atoms with Crippen LogP contribution < -0.4 is 31.1 Å². The van der Waals surface area contributed by atoms with E-state index in [-0.39, 0.29) is 23.9 Å². The van der Waals surface area contributed by atoms with Crippen LogP contribution in [0.4, 0.5) is 32.6 Å². The van der Waals surface area contributed by atoms with Crippen molar-refractivity contribution >= 4 is 35.1 Å². The molecule has 49 heavy (non-hydrogen) atoms. The SMILES string of the molecule is CCN(CCOC(=O)NCCC(C)(C)CC(C)CNC(=O)Nc1nc(=O)cc(C)[nH]1)c1ccc(/N=N/c2ccc(OCCOC)cc2)cc1. The van der Waals surface area contributed by atoms with Gasteiger partial charge in [-0.15, -0.1) is 0 Å². The Bertz CT molecular complexity index is 1540. The van der Waals surface area contributed by atoms with Gasteiger partial charge in [-0.05, 0) is 86.6 Å². The maximum Gasteiger partial charge on any atom is 0.407 e. The molecular weight excluding hydrogens is 628 g/mol. The van der Waals surface area contributed by atoms with Crippen LogP contribution in [0.3, 0.4) is 0 Å². The molecule has 2 aromatic carbocycles. The number of aromatic amines is 1. The van der Waals surface area contributed by atoms with Crippen LogP contribution in [-0.4, -0.2) is 75.2 Å². The number of likely N-dealkylation sites (N-methyl/N-ethyl adjacent to an activating group) is 1. The predicted molar refractivity (Wildman–Crippen MR) is 190 cm³/mol. The highest BCUT2D eigenvalue weighted by molar-refractivity contribution is 5.87. The van der Waals surface area contributed by atoms with Crippen LogP contribution in [0.2, 0.25) is 0 Å². The first-order valence-electron chi connectivity index (χ1n) is 16.5. The summed E-state index contributed by atoms with van der Waals surface area (Å²) in [6.45, 7) is 13.5. The van der Waals surface area contributed by atoms with Crippen molar-refractivity contribution in [3.63, 3.8) is 0 Å². The lowest BCUT2D eigenvalue weighted by Crippen LogP contribution is -2.35. The Kier molecular flexibility index (Phi) is 15.5. The molecule has 3 amide bonds. The zero-order chi connectivity index (χ0) is 35.6. The maximum atomic E-state index is 12.4. The van der Waals surface area contributed by atoms with E-state index in [9.17, 15) is 14.4 Å². The van der Waals surface area contributed by atoms with E-state index in [0.29, 0.717) is 38.5 Å². The molecule has 0 aliphatic carbocycles. The second-order valence-electron chi connectivity index (χ2n) is 12.5. The molecule has 1 heterocycles. The van der Waals surface area contributed by atoms with Crippen molar-refractivity contribution < 1.29 is 23.8 Å². The Labute approximate surface area is 288 Å². The molecule has 3 rings (SSSR count). The summed E-state index contributed by atoms with van der Waals surface area (Å²) in [5.74, 6) is 1.03. The summed E-state index contributed by atoms with van der Waals surface area (Å²) in [4.78, 5) is 44.8. The van der Waals surface area contributed by atoms with Crippen LogP contribution in [0.1, 0.15) is 46.2 Å². The first kappa shape index (κ1) is 38.5. The molecule has 1 aromatic heterocycles. The molecule has 14 heteroatoms. The summed E-state index contributed by atoms with van der Waals surface area (Å²) in [6.07, 6.45) is 1.12. The van der Waals surface area contributed by atoms with E-state index in [2.05, 4.69) is 61.8 Å². The molecule has 3 aromatic rings. The summed E-state index contributed by atoms with van der Waals surface area (Å²) in [6, 6.07) is 16.0. The number of benzene rings is 2. The highest BCUT2D eigenvalue weighted by Crippen LogP contribution is 2.29. The fourth-order valence-electron chi connectivity index (χ4n) is 5.14. The van der Waals surface area contributed by atoms with E-state index in [1.807, 2.05) is 55.5 Å². The van der Waals surface area contributed by atoms with Crippen LogP contribution in [0.25, 0.3) is 0 Å². The van der Waals surface area contributed by atoms with E-state index < -0.39 is 17.7 Å². The largest absolute Gasteiger partial charge is 0.491 e. The normalized spacial score (nSPS) is 12.0. The number of azo groups is 1. The molecule has 14 nitrogen and oxygen atoms in total. The van der Waals surface area contributed by atoms with Crippen molar-refractivity contribution in [2.75, 3.05) is 63.3 Å². The number of alkyl carbamates (subject to hydrolysis) is 1. The molecule has 0 spiro atoms. The van der Waals surface area contributed by atoms with Crippen molar-refractivity contribution in [3.05, 3.63) is 70.6 Å². The third kappa shape index (κ3) is 14.8. The van der Waals surface area contributed by atoms with E-state index in [1.54, 1.807) is 14.0 Å². The zero-order valence-electron chi connectivity index (χ0n) is 29.4. The molecule has 266 valence electrons. The minimum absolute atomic E-state index is 0.0808. The van der Waals surface area contributed by atoms with Crippen LogP contribution in [-0.2, 0) is 9.47 Å². The van der Waals surface area contributed by atoms with Crippen molar-refractivity contribution in [1.29, 1.82) is 0 Å². The first-order chi connectivity index (χ1) is 23.5. The summed E-state index contributed by atoms with van der Waals surface area (Å²) in [5, 5.41) is 16.8. The van der Waals surface area contributed by atoms with Crippen LogP contribution in [0.15, 0.2) is 69.6 Å². The van der Waals surface area contributed by atoms with Gasteiger partial charge in [-0.3, -0.25) is 10.1 Å². The van der Waals surface area contributed by atoms with Gasteiger partial charge in [-0.25, -0.2) is 9.59 Å². The average Bonchev–Trinajstić information content (AvgIpc) is 3.05. The topological polar surface area (TPSA) is 172 Å². The summed E-state index contributed by atoms with van der Waals surface area (Å²) >= 11 is 0. The number of nitrogens with one attached hydrogen (secondary N) is 4. The van der Waals surface area contributed by atoms with Gasteiger partial charge in [0.15, 0.2) is 0 Å². The second kappa shape index (κ2) is 19.7. The van der Waals surface area contributed by atoms with E-state index in [4.69, 9.17) is 14.2 Å². The smallest absolute Gasteiger partial charge is 0.407 e. The molecule has 0 saturated heterocycles. The lowest BCUT2D eigenvalue weighted by atomic mass is 9.80. The van der Waals surface area contributed by atoms with Crippen LogP contribution in [0, 0.1) is 18.3 Å². The van der Waals surface area contributed by atoms with Crippen molar-refractivity contribution in [2.45, 2.75) is 47.5 Å². The Balaban J connectivity index is 1.32. The Hall–Kier alpha value is -4.98. The highest BCUT2D eigenvalue weighted by atomic mass is 16.5. The third-order valence-electron chi connectivity index (χ3n) is 7.56. The average molecular weight is 679 g/mol. The molecule has 0 aliphatic heterocycles. The molecule has 0 bridgehead atoms. The van der Waals surface area contributed by atoms with Crippen LogP contribution in [0.5, 0.6) is 5.75 Å². The fourth-order valence-corrected chi connectivity index (χ4v) is 5.14. The minimum Gasteiger partial charge on any atom is -0.491 e. The number of nitrogens with zero attached hydrogens (tertiary/aromatic N) is 4. The Morgan fingerprint density at radius 1 is 1.00 bits per heavy atom. The van der Waals surface area contributed by atoms with Gasteiger partial charge in [0.25, 0.3) is 5.56 Å². The molecule has 1 unspecified atom stereocenters. The number of hydrogen-bond donors (Lipinski definition) is 4. The summed E-state index contributed by atoms with van der Waals surface area (Å²) in [7, 11) is 1.63. The van der Waals surface area contributed by atoms with Gasteiger partial charge in [0, 0.05) is 44.2 Å². The standard InChI is InChI=1S/C35H50N8O6/c1-7-43(29-12-8-27(9-13-29)41-42-28-10-14-30(15-11-28)48-21-20-47-6)18-19-49-34(46)36-17-16-35(4,5)23-25(2)24-37-33(45)40-32-38-26(3)22-31(44)39-32/h8-15,22,25H,7,16-21,23-24H2,1-6H3,(H,36,46)(H3,37,38,39,40,44,45)/b42-41+. The van der Waals surface area contributed by atoms with Gasteiger partial charge in [-0.1, -0.05) is 20.8 Å². The molecule has 0 fully saturated rings. The quantitative estimate of drug-likeness (QED) is 0.0841. The number of aromatic nitrogens is 2. The second-order valence-corrected chi connectivity index (χ2v) is 12.5. The number of carbonyl (C=O) groups is 2. The highest BCUT2D eigenvalue weighted by Gasteiger charge is 2.22. The lowest BCUT2D eigenvalue weighted by Gasteiger charge is -2.28. The number of aryl methyl sites for hydroxylation is 1. The minimum atomic E-state index is -0.452. The van der Waals surface area contributed by atoms with Gasteiger partial charge < -0.3 is 34.7 Å². The monoisotopic (exact) mass is 678 g/mol.